The van der Waals surface area contributed by atoms with Gasteiger partial charge in [-0.3, -0.25) is 14.4 Å². The first-order valence-electron chi connectivity index (χ1n) is 11.4. The summed E-state index contributed by atoms with van der Waals surface area (Å²) in [7, 11) is -1.61. The Hall–Kier alpha value is -3.21. The largest absolute Gasteiger partial charge is 0.468 e. The van der Waals surface area contributed by atoms with E-state index in [9.17, 15) is 18.3 Å². The number of aliphatic hydroxyl groups excluding tert-OH is 1. The molecule has 0 bridgehead atoms. The van der Waals surface area contributed by atoms with Crippen LogP contribution in [0.2, 0.25) is 0 Å². The minimum Gasteiger partial charge on any atom is -0.468 e. The van der Waals surface area contributed by atoms with Crippen LogP contribution in [0.25, 0.3) is 10.9 Å². The van der Waals surface area contributed by atoms with E-state index in [1.54, 1.807) is 42.3 Å². The van der Waals surface area contributed by atoms with Crippen molar-refractivity contribution >= 4 is 32.5 Å². The fraction of sp³-hybridized carbons (Fsp3) is 0.360. The van der Waals surface area contributed by atoms with Crippen molar-refractivity contribution in [1.82, 2.24) is 14.8 Å². The number of ether oxygens (including phenoxy) is 1. The molecule has 186 valence electrons. The van der Waals surface area contributed by atoms with Crippen molar-refractivity contribution in [2.45, 2.75) is 18.6 Å². The Morgan fingerprint density at radius 1 is 1.23 bits per heavy atom. The molecule has 10 heteroatoms. The van der Waals surface area contributed by atoms with Crippen LogP contribution >= 0.6 is 0 Å². The van der Waals surface area contributed by atoms with E-state index in [1.165, 1.54) is 0 Å². The number of nitrogens with one attached hydrogen (secondary N) is 1. The fourth-order valence-electron chi connectivity index (χ4n) is 4.23. The number of pyridine rings is 1. The van der Waals surface area contributed by atoms with E-state index in [2.05, 4.69) is 14.6 Å². The van der Waals surface area contributed by atoms with Crippen molar-refractivity contribution in [2.24, 2.45) is 0 Å². The third-order valence-electron chi connectivity index (χ3n) is 6.03. The molecule has 2 aromatic carbocycles. The highest BCUT2D eigenvalue weighted by Gasteiger charge is 2.28. The molecule has 0 unspecified atom stereocenters. The first-order chi connectivity index (χ1) is 16.7. The summed E-state index contributed by atoms with van der Waals surface area (Å²) in [5.74, 6) is 0.121. The van der Waals surface area contributed by atoms with Crippen LogP contribution in [0.1, 0.15) is 18.0 Å². The molecule has 1 amide bonds. The van der Waals surface area contributed by atoms with Gasteiger partial charge in [-0.1, -0.05) is 30.3 Å². The maximum atomic E-state index is 13.1. The minimum atomic E-state index is -3.37. The zero-order chi connectivity index (χ0) is 25.0. The lowest BCUT2D eigenvalue weighted by Crippen LogP contribution is -2.40. The zero-order valence-electron chi connectivity index (χ0n) is 19.8. The minimum absolute atomic E-state index is 0.172. The van der Waals surface area contributed by atoms with Gasteiger partial charge in [-0.2, -0.15) is 0 Å². The van der Waals surface area contributed by atoms with Crippen LogP contribution in [-0.2, 0) is 14.8 Å². The summed E-state index contributed by atoms with van der Waals surface area (Å²) >= 11 is 0. The number of hydrogen-bond donors (Lipinski definition) is 2. The molecule has 1 aromatic heterocycles. The lowest BCUT2D eigenvalue weighted by Gasteiger charge is -2.32. The fourth-order valence-corrected chi connectivity index (χ4v) is 4.78. The zero-order valence-corrected chi connectivity index (χ0v) is 20.6. The van der Waals surface area contributed by atoms with Crippen molar-refractivity contribution in [3.63, 3.8) is 0 Å². The molecule has 1 saturated heterocycles. The van der Waals surface area contributed by atoms with Crippen LogP contribution in [0.5, 0.6) is 5.88 Å². The van der Waals surface area contributed by atoms with E-state index in [0.29, 0.717) is 30.2 Å². The molecule has 35 heavy (non-hydrogen) atoms. The van der Waals surface area contributed by atoms with Crippen LogP contribution in [0.3, 0.4) is 0 Å². The highest BCUT2D eigenvalue weighted by Crippen LogP contribution is 2.24. The number of β-amino-alcohol motifs (C(OH)–C–C–N with tert-alkyl or cyclic N) is 1. The molecule has 4 rings (SSSR count). The van der Waals surface area contributed by atoms with Gasteiger partial charge in [0.1, 0.15) is 0 Å². The smallest absolute Gasteiger partial charge is 0.260 e. The molecular weight excluding hydrogens is 468 g/mol. The van der Waals surface area contributed by atoms with E-state index < -0.39 is 10.0 Å². The number of carbonyl (C=O) groups excluding carboxylic acids is 1. The number of likely N-dealkylation sites (N-methyl/N-ethyl adjacent to an activating group) is 1. The second-order valence-electron chi connectivity index (χ2n) is 8.85. The van der Waals surface area contributed by atoms with Gasteiger partial charge in [-0.05, 0) is 36.2 Å². The normalized spacial score (nSPS) is 17.3. The highest BCUT2D eigenvalue weighted by atomic mass is 32.2. The molecular formula is C25H30N4O5S. The molecule has 2 N–H and O–H groups in total. The average Bonchev–Trinajstić information content (AvgIpc) is 3.24. The molecule has 0 saturated carbocycles. The Morgan fingerprint density at radius 2 is 2.00 bits per heavy atom. The number of anilines is 1. The van der Waals surface area contributed by atoms with Crippen molar-refractivity contribution in [3.8, 4) is 5.88 Å². The quantitative estimate of drug-likeness (QED) is 0.465. The average molecular weight is 499 g/mol. The number of rotatable bonds is 9. The van der Waals surface area contributed by atoms with Crippen LogP contribution in [-0.4, -0.2) is 79.9 Å². The summed E-state index contributed by atoms with van der Waals surface area (Å²) in [6.45, 7) is 1.85. The third-order valence-corrected chi connectivity index (χ3v) is 6.64. The monoisotopic (exact) mass is 498 g/mol. The number of nitrogens with zero attached hydrogens (tertiary/aromatic N) is 3. The molecule has 9 nitrogen and oxygen atoms in total. The van der Waals surface area contributed by atoms with Gasteiger partial charge in [0, 0.05) is 43.8 Å². The second kappa shape index (κ2) is 10.6. The number of aromatic nitrogens is 1. The molecule has 2 heterocycles. The number of benzene rings is 2. The van der Waals surface area contributed by atoms with Gasteiger partial charge >= 0.3 is 0 Å². The van der Waals surface area contributed by atoms with E-state index in [4.69, 9.17) is 4.74 Å². The predicted octanol–water partition coefficient (Wildman–Crippen LogP) is 2.25. The Kier molecular flexibility index (Phi) is 7.54. The van der Waals surface area contributed by atoms with Gasteiger partial charge < -0.3 is 14.7 Å². The van der Waals surface area contributed by atoms with Gasteiger partial charge in [0.15, 0.2) is 6.61 Å². The number of sulfonamides is 1. The highest BCUT2D eigenvalue weighted by molar-refractivity contribution is 7.92. The summed E-state index contributed by atoms with van der Waals surface area (Å²) < 4.78 is 31.0. The maximum absolute atomic E-state index is 13.1. The van der Waals surface area contributed by atoms with Crippen LogP contribution in [0.4, 0.5) is 5.69 Å². The van der Waals surface area contributed by atoms with Crippen molar-refractivity contribution in [3.05, 3.63) is 66.2 Å². The van der Waals surface area contributed by atoms with Crippen molar-refractivity contribution in [1.29, 1.82) is 0 Å². The third kappa shape index (κ3) is 6.68. The summed E-state index contributed by atoms with van der Waals surface area (Å²) in [4.78, 5) is 21.3. The molecule has 2 atom stereocenters. The van der Waals surface area contributed by atoms with Gasteiger partial charge in [0.05, 0.1) is 23.9 Å². The van der Waals surface area contributed by atoms with Crippen LogP contribution < -0.4 is 9.46 Å². The van der Waals surface area contributed by atoms with E-state index >= 15 is 0 Å². The lowest BCUT2D eigenvalue weighted by atomic mass is 10.0. The lowest BCUT2D eigenvalue weighted by molar-refractivity contribution is -0.134. The second-order valence-corrected chi connectivity index (χ2v) is 10.6. The topological polar surface area (TPSA) is 112 Å². The maximum Gasteiger partial charge on any atom is 0.260 e. The predicted molar refractivity (Wildman–Crippen MR) is 135 cm³/mol. The molecule has 0 radical (unpaired) electrons. The van der Waals surface area contributed by atoms with Gasteiger partial charge in [-0.15, -0.1) is 0 Å². The Labute approximate surface area is 205 Å². The van der Waals surface area contributed by atoms with Gasteiger partial charge in [0.25, 0.3) is 5.91 Å². The number of fused-ring (bicyclic) bond motifs is 1. The molecule has 1 fully saturated rings. The summed E-state index contributed by atoms with van der Waals surface area (Å²) in [6.07, 6.45) is 1.51. The summed E-state index contributed by atoms with van der Waals surface area (Å²) in [5, 5.41) is 10.6. The first-order valence-corrected chi connectivity index (χ1v) is 13.3. The Balaban J connectivity index is 1.43. The van der Waals surface area contributed by atoms with Crippen molar-refractivity contribution in [2.75, 3.05) is 44.3 Å². The standard InChI is InChI=1S/C25H30N4O5S/c1-28(23(18-6-4-3-5-7-18)16-29-13-12-21(30)15-29)25(31)17-34-24-11-8-19-14-20(27-35(2,32)33)9-10-22(19)26-24/h3-11,14,21,23,27,30H,12-13,15-17H2,1-2H3/t21-,23+/m0/s1. The molecule has 0 aliphatic carbocycles. The molecule has 0 spiro atoms. The van der Waals surface area contributed by atoms with E-state index in [-0.39, 0.29) is 24.7 Å². The number of hydrogen-bond acceptors (Lipinski definition) is 7. The van der Waals surface area contributed by atoms with Gasteiger partial charge in [-0.25, -0.2) is 13.4 Å². The van der Waals surface area contributed by atoms with Gasteiger partial charge in [0.2, 0.25) is 15.9 Å². The summed E-state index contributed by atoms with van der Waals surface area (Å²) in [5.41, 5.74) is 2.09. The summed E-state index contributed by atoms with van der Waals surface area (Å²) in [6, 6.07) is 18.1. The van der Waals surface area contributed by atoms with E-state index in [0.717, 1.165) is 30.2 Å². The number of likely N-dealkylation sites (tertiary alicyclic amines) is 1. The number of carbonyl (C=O) groups is 1. The molecule has 3 aromatic rings. The first kappa shape index (κ1) is 24.9. The SMILES string of the molecule is CN(C(=O)COc1ccc2cc(NS(C)(=O)=O)ccc2n1)[C@H](CN1CC[C@H](O)C1)c1ccccc1. The Bertz CT molecular complexity index is 1290. The van der Waals surface area contributed by atoms with Crippen LogP contribution in [0.15, 0.2) is 60.7 Å². The Morgan fingerprint density at radius 3 is 2.69 bits per heavy atom. The molecule has 1 aliphatic heterocycles. The molecule has 1 aliphatic rings. The van der Waals surface area contributed by atoms with E-state index in [1.807, 2.05) is 30.3 Å². The number of amides is 1. The van der Waals surface area contributed by atoms with Crippen molar-refractivity contribution < 1.29 is 23.1 Å². The van der Waals surface area contributed by atoms with Crippen LogP contribution in [0, 0.1) is 0 Å². The number of aliphatic hydroxyl groups is 1.